The molecule has 7 heteroatoms. The number of carbonyl (C=O) groups is 3. The van der Waals surface area contributed by atoms with Crippen LogP contribution in [-0.4, -0.2) is 60.7 Å². The van der Waals surface area contributed by atoms with E-state index in [2.05, 4.69) is 5.32 Å². The number of piperidine rings is 1. The number of hydrogen-bond donors (Lipinski definition) is 2. The summed E-state index contributed by atoms with van der Waals surface area (Å²) >= 11 is 0. The highest BCUT2D eigenvalue weighted by Crippen LogP contribution is 2.15. The van der Waals surface area contributed by atoms with E-state index in [4.69, 9.17) is 5.73 Å². The third kappa shape index (κ3) is 5.86. The number of rotatable bonds is 6. The molecule has 0 bridgehead atoms. The normalized spacial score (nSPS) is 17.8. The summed E-state index contributed by atoms with van der Waals surface area (Å²) in [6.07, 6.45) is 1.62. The topological polar surface area (TPSA) is 95.7 Å². The molecule has 1 saturated heterocycles. The van der Waals surface area contributed by atoms with Crippen molar-refractivity contribution in [2.75, 3.05) is 38.5 Å². The second-order valence-corrected chi connectivity index (χ2v) is 6.64. The monoisotopic (exact) mass is 346 g/mol. The lowest BCUT2D eigenvalue weighted by molar-refractivity contribution is -0.135. The summed E-state index contributed by atoms with van der Waals surface area (Å²) in [5.74, 6) is -0.905. The predicted octanol–water partition coefficient (Wildman–Crippen LogP) is 0.589. The van der Waals surface area contributed by atoms with Crippen molar-refractivity contribution >= 4 is 23.4 Å². The number of hydrogen-bond acceptors (Lipinski definition) is 4. The Hall–Kier alpha value is -2.41. The second kappa shape index (κ2) is 8.62. The van der Waals surface area contributed by atoms with E-state index in [1.165, 1.54) is 4.90 Å². The van der Waals surface area contributed by atoms with E-state index >= 15 is 0 Å². The summed E-state index contributed by atoms with van der Waals surface area (Å²) in [4.78, 5) is 39.0. The van der Waals surface area contributed by atoms with Gasteiger partial charge in [0.1, 0.15) is 0 Å². The molecule has 1 aromatic rings. The van der Waals surface area contributed by atoms with Crippen molar-refractivity contribution in [2.24, 2.45) is 11.7 Å². The smallest absolute Gasteiger partial charge is 0.243 e. The van der Waals surface area contributed by atoms with Crippen molar-refractivity contribution in [1.29, 1.82) is 0 Å². The Morgan fingerprint density at radius 1 is 1.28 bits per heavy atom. The average molecular weight is 346 g/mol. The van der Waals surface area contributed by atoms with Crippen LogP contribution in [0.15, 0.2) is 24.3 Å². The minimum atomic E-state index is -0.317. The summed E-state index contributed by atoms with van der Waals surface area (Å²) in [7, 11) is 1.60. The van der Waals surface area contributed by atoms with Crippen LogP contribution in [0.4, 0.5) is 5.69 Å². The van der Waals surface area contributed by atoms with E-state index in [1.54, 1.807) is 7.05 Å². The van der Waals surface area contributed by atoms with Crippen LogP contribution in [0.25, 0.3) is 0 Å². The van der Waals surface area contributed by atoms with Gasteiger partial charge in [-0.25, -0.2) is 0 Å². The first-order valence-corrected chi connectivity index (χ1v) is 8.47. The Kier molecular flexibility index (Phi) is 6.52. The van der Waals surface area contributed by atoms with Gasteiger partial charge in [-0.1, -0.05) is 17.7 Å². The average Bonchev–Trinajstić information content (AvgIpc) is 2.57. The maximum atomic E-state index is 12.3. The number of likely N-dealkylation sites (tertiary alicyclic amines) is 1. The van der Waals surface area contributed by atoms with Gasteiger partial charge in [-0.2, -0.15) is 0 Å². The third-order valence-electron chi connectivity index (χ3n) is 4.41. The number of primary amides is 1. The Morgan fingerprint density at radius 3 is 2.60 bits per heavy atom. The van der Waals surface area contributed by atoms with Gasteiger partial charge >= 0.3 is 0 Å². The van der Waals surface area contributed by atoms with Gasteiger partial charge in [0, 0.05) is 19.3 Å². The summed E-state index contributed by atoms with van der Waals surface area (Å²) in [5, 5.41) is 2.77. The van der Waals surface area contributed by atoms with Crippen LogP contribution in [0.3, 0.4) is 0 Å². The van der Waals surface area contributed by atoms with Crippen molar-refractivity contribution < 1.29 is 14.4 Å². The minimum Gasteiger partial charge on any atom is -0.369 e. The van der Waals surface area contributed by atoms with Crippen molar-refractivity contribution in [3.05, 3.63) is 29.8 Å². The number of likely N-dealkylation sites (N-methyl/N-ethyl adjacent to an activating group) is 1. The molecule has 0 aliphatic carbocycles. The van der Waals surface area contributed by atoms with Gasteiger partial charge in [0.05, 0.1) is 19.0 Å². The predicted molar refractivity (Wildman–Crippen MR) is 95.8 cm³/mol. The third-order valence-corrected chi connectivity index (χ3v) is 4.41. The van der Waals surface area contributed by atoms with Crippen LogP contribution in [0.5, 0.6) is 0 Å². The zero-order valence-corrected chi connectivity index (χ0v) is 14.8. The molecule has 1 aliphatic heterocycles. The Bertz CT molecular complexity index is 630. The Morgan fingerprint density at radius 2 is 1.96 bits per heavy atom. The first kappa shape index (κ1) is 18.9. The number of anilines is 1. The molecule has 0 spiro atoms. The van der Waals surface area contributed by atoms with Crippen LogP contribution in [0, 0.1) is 12.8 Å². The van der Waals surface area contributed by atoms with Gasteiger partial charge < -0.3 is 16.0 Å². The quantitative estimate of drug-likeness (QED) is 0.788. The molecule has 25 heavy (non-hydrogen) atoms. The molecule has 2 rings (SSSR count). The molecular weight excluding hydrogens is 320 g/mol. The maximum absolute atomic E-state index is 12.3. The van der Waals surface area contributed by atoms with Gasteiger partial charge in [0.15, 0.2) is 0 Å². The molecule has 1 fully saturated rings. The Balaban J connectivity index is 1.80. The summed E-state index contributed by atoms with van der Waals surface area (Å²) in [5.41, 5.74) is 7.17. The molecule has 0 saturated carbocycles. The number of carbonyl (C=O) groups excluding carboxylic acids is 3. The molecule has 0 aromatic heterocycles. The van der Waals surface area contributed by atoms with Crippen LogP contribution in [-0.2, 0) is 14.4 Å². The number of amides is 3. The number of nitrogens with zero attached hydrogens (tertiary/aromatic N) is 2. The SMILES string of the molecule is Cc1ccc(NC(=O)CN(C)C(=O)CN2CCC[C@@H](C(N)=O)C2)cc1. The maximum Gasteiger partial charge on any atom is 0.243 e. The lowest BCUT2D eigenvalue weighted by atomic mass is 9.97. The van der Waals surface area contributed by atoms with Crippen molar-refractivity contribution in [1.82, 2.24) is 9.80 Å². The zero-order chi connectivity index (χ0) is 18.4. The van der Waals surface area contributed by atoms with Crippen molar-refractivity contribution in [3.8, 4) is 0 Å². The van der Waals surface area contributed by atoms with Crippen LogP contribution in [0.2, 0.25) is 0 Å². The minimum absolute atomic E-state index is 0.0141. The lowest BCUT2D eigenvalue weighted by Crippen LogP contribution is -2.47. The molecular formula is C18H26N4O3. The fourth-order valence-electron chi connectivity index (χ4n) is 2.88. The summed E-state index contributed by atoms with van der Waals surface area (Å²) in [6, 6.07) is 7.48. The fourth-order valence-corrected chi connectivity index (χ4v) is 2.88. The van der Waals surface area contributed by atoms with Gasteiger partial charge in [-0.3, -0.25) is 19.3 Å². The summed E-state index contributed by atoms with van der Waals surface area (Å²) in [6.45, 7) is 3.42. The molecule has 1 aliphatic rings. The standard InChI is InChI=1S/C18H26N4O3/c1-13-5-7-15(8-6-13)20-16(23)11-21(2)17(24)12-22-9-3-4-14(10-22)18(19)25/h5-8,14H,3-4,9-12H2,1-2H3,(H2,19,25)(H,20,23)/t14-/m1/s1. The molecule has 1 atom stereocenters. The summed E-state index contributed by atoms with van der Waals surface area (Å²) < 4.78 is 0. The van der Waals surface area contributed by atoms with E-state index < -0.39 is 0 Å². The van der Waals surface area contributed by atoms with Gasteiger partial charge in [0.25, 0.3) is 0 Å². The second-order valence-electron chi connectivity index (χ2n) is 6.64. The molecule has 1 aromatic carbocycles. The van der Waals surface area contributed by atoms with E-state index in [-0.39, 0.29) is 36.7 Å². The molecule has 136 valence electrons. The van der Waals surface area contributed by atoms with Gasteiger partial charge in [-0.05, 0) is 38.4 Å². The van der Waals surface area contributed by atoms with Crippen molar-refractivity contribution in [3.63, 3.8) is 0 Å². The zero-order valence-electron chi connectivity index (χ0n) is 14.8. The highest BCUT2D eigenvalue weighted by atomic mass is 16.2. The molecule has 1 heterocycles. The van der Waals surface area contributed by atoms with Gasteiger partial charge in [-0.15, -0.1) is 0 Å². The first-order chi connectivity index (χ1) is 11.8. The van der Waals surface area contributed by atoms with Crippen LogP contribution < -0.4 is 11.1 Å². The molecule has 7 nitrogen and oxygen atoms in total. The highest BCUT2D eigenvalue weighted by molar-refractivity contribution is 5.94. The Labute approximate surface area is 148 Å². The number of benzene rings is 1. The first-order valence-electron chi connectivity index (χ1n) is 8.47. The fraction of sp³-hybridized carbons (Fsp3) is 0.500. The van der Waals surface area contributed by atoms with E-state index in [9.17, 15) is 14.4 Å². The van der Waals surface area contributed by atoms with E-state index in [0.29, 0.717) is 12.2 Å². The van der Waals surface area contributed by atoms with Crippen LogP contribution in [0.1, 0.15) is 18.4 Å². The molecule has 0 radical (unpaired) electrons. The van der Waals surface area contributed by atoms with E-state index in [0.717, 1.165) is 24.9 Å². The van der Waals surface area contributed by atoms with Crippen molar-refractivity contribution in [2.45, 2.75) is 19.8 Å². The molecule has 0 unspecified atom stereocenters. The van der Waals surface area contributed by atoms with Crippen LogP contribution >= 0.6 is 0 Å². The number of nitrogens with two attached hydrogens (primary N) is 1. The largest absolute Gasteiger partial charge is 0.369 e. The van der Waals surface area contributed by atoms with E-state index in [1.807, 2.05) is 36.1 Å². The molecule has 3 N–H and O–H groups in total. The number of aryl methyl sites for hydroxylation is 1. The van der Waals surface area contributed by atoms with Gasteiger partial charge in [0.2, 0.25) is 17.7 Å². The lowest BCUT2D eigenvalue weighted by Gasteiger charge is -2.31. The molecule has 3 amide bonds. The number of nitrogens with one attached hydrogen (secondary N) is 1. The highest BCUT2D eigenvalue weighted by Gasteiger charge is 2.26.